The molecule has 0 radical (unpaired) electrons. The fourth-order valence-corrected chi connectivity index (χ4v) is 12.0. The van der Waals surface area contributed by atoms with Crippen molar-refractivity contribution in [1.29, 1.82) is 0 Å². The summed E-state index contributed by atoms with van der Waals surface area (Å²) >= 11 is 0. The van der Waals surface area contributed by atoms with Crippen LogP contribution in [-0.4, -0.2) is 28.7 Å². The average molecular weight is 971 g/mol. The lowest BCUT2D eigenvalue weighted by atomic mass is 10.0. The monoisotopic (exact) mass is 970 g/mol. The minimum atomic E-state index is 0.563. The maximum absolute atomic E-state index is 7.15. The molecule has 7 heteroatoms. The van der Waals surface area contributed by atoms with E-state index < -0.39 is 0 Å². The van der Waals surface area contributed by atoms with E-state index in [-0.39, 0.29) is 0 Å². The fraction of sp³-hybridized carbons (Fsp3) is 0. The number of fused-ring (bicyclic) bond motifs is 13. The molecule has 5 aromatic heterocycles. The number of nitrogens with zero attached hydrogens (tertiary/aromatic N) is 6. The first-order valence-corrected chi connectivity index (χ1v) is 25.7. The Labute approximate surface area is 435 Å². The summed E-state index contributed by atoms with van der Waals surface area (Å²) in [6.07, 6.45) is 0. The van der Waals surface area contributed by atoms with Gasteiger partial charge in [0.1, 0.15) is 5.58 Å². The van der Waals surface area contributed by atoms with Gasteiger partial charge in [-0.25, -0.2) is 15.0 Å². The van der Waals surface area contributed by atoms with Crippen molar-refractivity contribution in [3.63, 3.8) is 0 Å². The van der Waals surface area contributed by atoms with E-state index in [9.17, 15) is 0 Å². The lowest BCUT2D eigenvalue weighted by Crippen LogP contribution is -2.01. The number of rotatable bonds is 7. The highest BCUT2D eigenvalue weighted by Gasteiger charge is 2.26. The third kappa shape index (κ3) is 6.33. The van der Waals surface area contributed by atoms with Crippen molar-refractivity contribution in [3.8, 4) is 62.4 Å². The van der Waals surface area contributed by atoms with Gasteiger partial charge >= 0.3 is 0 Å². The number of para-hydroxylation sites is 5. The molecule has 0 saturated carbocycles. The summed E-state index contributed by atoms with van der Waals surface area (Å²) in [4.78, 5) is 15.7. The average Bonchev–Trinajstić information content (AvgIpc) is 4.35. The van der Waals surface area contributed by atoms with Gasteiger partial charge in [0, 0.05) is 71.2 Å². The van der Waals surface area contributed by atoms with Crippen LogP contribution in [0.3, 0.4) is 0 Å². The first-order valence-electron chi connectivity index (χ1n) is 25.7. The zero-order valence-electron chi connectivity index (χ0n) is 40.8. The van der Waals surface area contributed by atoms with Crippen molar-refractivity contribution < 1.29 is 4.42 Å². The minimum absolute atomic E-state index is 0.563. The molecule has 7 nitrogen and oxygen atoms in total. The van der Waals surface area contributed by atoms with Crippen molar-refractivity contribution in [2.45, 2.75) is 0 Å². The van der Waals surface area contributed by atoms with Gasteiger partial charge in [0.05, 0.1) is 38.8 Å². The quantitative estimate of drug-likeness (QED) is 0.160. The second-order valence-corrected chi connectivity index (χ2v) is 19.5. The third-order valence-corrected chi connectivity index (χ3v) is 15.3. The van der Waals surface area contributed by atoms with Gasteiger partial charge in [0.15, 0.2) is 23.1 Å². The molecule has 0 aliphatic rings. The molecule has 0 saturated heterocycles. The summed E-state index contributed by atoms with van der Waals surface area (Å²) in [7, 11) is 0. The number of hydrogen-bond acceptors (Lipinski definition) is 4. The Kier molecular flexibility index (Phi) is 9.20. The molecule has 16 aromatic rings. The van der Waals surface area contributed by atoms with E-state index >= 15 is 0 Å². The molecule has 0 fully saturated rings. The highest BCUT2D eigenvalue weighted by molar-refractivity contribution is 6.29. The van der Waals surface area contributed by atoms with Gasteiger partial charge in [-0.2, -0.15) is 0 Å². The first-order chi connectivity index (χ1) is 37.7. The zero-order valence-corrected chi connectivity index (χ0v) is 40.8. The van der Waals surface area contributed by atoms with E-state index in [0.29, 0.717) is 17.5 Å². The maximum atomic E-state index is 7.15. The van der Waals surface area contributed by atoms with Crippen LogP contribution in [0, 0.1) is 0 Å². The number of aromatic nitrogens is 6. The van der Waals surface area contributed by atoms with Crippen LogP contribution in [0.4, 0.5) is 0 Å². The molecule has 0 aliphatic heterocycles. The summed E-state index contributed by atoms with van der Waals surface area (Å²) in [6, 6.07) is 90.3. The maximum Gasteiger partial charge on any atom is 0.164 e. The van der Waals surface area contributed by atoms with Crippen molar-refractivity contribution >= 4 is 87.4 Å². The van der Waals surface area contributed by atoms with E-state index in [1.807, 2.05) is 30.3 Å². The number of furan rings is 1. The lowest BCUT2D eigenvalue weighted by molar-refractivity contribution is 0.666. The van der Waals surface area contributed by atoms with Crippen LogP contribution < -0.4 is 0 Å². The molecule has 5 heterocycles. The second-order valence-electron chi connectivity index (χ2n) is 19.5. The Morgan fingerprint density at radius 1 is 0.276 bits per heavy atom. The van der Waals surface area contributed by atoms with E-state index in [0.717, 1.165) is 94.3 Å². The topological polar surface area (TPSA) is 66.6 Å². The first kappa shape index (κ1) is 42.2. The summed E-state index contributed by atoms with van der Waals surface area (Å²) < 4.78 is 14.4. The molecule has 0 unspecified atom stereocenters. The van der Waals surface area contributed by atoms with E-state index in [4.69, 9.17) is 19.4 Å². The van der Waals surface area contributed by atoms with Crippen LogP contribution in [0.2, 0.25) is 0 Å². The summed E-state index contributed by atoms with van der Waals surface area (Å²) in [5, 5.41) is 9.05. The highest BCUT2D eigenvalue weighted by Crippen LogP contribution is 2.47. The van der Waals surface area contributed by atoms with Gasteiger partial charge < -0.3 is 18.1 Å². The molecule has 0 amide bonds. The Morgan fingerprint density at radius 3 is 1.42 bits per heavy atom. The van der Waals surface area contributed by atoms with Crippen LogP contribution in [0.25, 0.3) is 150 Å². The molecule has 354 valence electrons. The predicted octanol–water partition coefficient (Wildman–Crippen LogP) is 17.7. The molecule has 0 atom stereocenters. The molecule has 0 bridgehead atoms. The van der Waals surface area contributed by atoms with Gasteiger partial charge in [-0.3, -0.25) is 0 Å². The van der Waals surface area contributed by atoms with Crippen molar-refractivity contribution in [1.82, 2.24) is 28.7 Å². The molecular weight excluding hydrogens is 929 g/mol. The molecule has 0 spiro atoms. The van der Waals surface area contributed by atoms with Crippen LogP contribution in [0.15, 0.2) is 259 Å². The largest absolute Gasteiger partial charge is 0.454 e. The third-order valence-electron chi connectivity index (χ3n) is 15.3. The van der Waals surface area contributed by atoms with E-state index in [2.05, 4.69) is 238 Å². The van der Waals surface area contributed by atoms with Gasteiger partial charge in [0.25, 0.3) is 0 Å². The molecule has 0 aliphatic carbocycles. The molecule has 16 rings (SSSR count). The highest BCUT2D eigenvalue weighted by atomic mass is 16.3. The number of hydrogen-bond donors (Lipinski definition) is 0. The smallest absolute Gasteiger partial charge is 0.164 e. The van der Waals surface area contributed by atoms with Gasteiger partial charge in [-0.15, -0.1) is 0 Å². The Bertz CT molecular complexity index is 4920. The van der Waals surface area contributed by atoms with Crippen molar-refractivity contribution in [3.05, 3.63) is 255 Å². The molecule has 76 heavy (non-hydrogen) atoms. The summed E-state index contributed by atoms with van der Waals surface area (Å²) in [5.74, 6) is 1.75. The van der Waals surface area contributed by atoms with Crippen molar-refractivity contribution in [2.24, 2.45) is 0 Å². The van der Waals surface area contributed by atoms with Crippen LogP contribution >= 0.6 is 0 Å². The van der Waals surface area contributed by atoms with Crippen molar-refractivity contribution in [2.75, 3.05) is 0 Å². The number of benzene rings is 11. The van der Waals surface area contributed by atoms with Gasteiger partial charge in [0.2, 0.25) is 0 Å². The summed E-state index contributed by atoms with van der Waals surface area (Å²) in [6.45, 7) is 0. The Hall–Kier alpha value is -10.4. The summed E-state index contributed by atoms with van der Waals surface area (Å²) in [5.41, 5.74) is 16.3. The molecule has 11 aromatic carbocycles. The Balaban J connectivity index is 0.979. The predicted molar refractivity (Wildman–Crippen MR) is 312 cm³/mol. The standard InChI is InChI=1S/C69H42N6O/c1-4-18-43(19-5-1)44-32-34-46(35-33-44)68-70-67(45-20-6-2-7-21-45)71-69(72-68)53-37-39-61(66-63(53)52-27-13-17-31-62(52)76-66)75-58-38-36-48(74-55-28-14-10-24-49(55)50-25-11-15-29-56(50)74)42-54(58)65-60(75)41-40-59-64(65)51-26-12-16-30-57(51)73(59)47-22-8-3-9-23-47/h1-42H. The van der Waals surface area contributed by atoms with E-state index in [1.54, 1.807) is 0 Å². The minimum Gasteiger partial charge on any atom is -0.454 e. The molecular formula is C69H42N6O. The van der Waals surface area contributed by atoms with E-state index in [1.165, 1.54) is 38.0 Å². The van der Waals surface area contributed by atoms with Gasteiger partial charge in [-0.1, -0.05) is 176 Å². The van der Waals surface area contributed by atoms with Crippen LogP contribution in [0.5, 0.6) is 0 Å². The SMILES string of the molecule is c1ccc(-c2ccc(-c3nc(-c4ccccc4)nc(-c4ccc(-n5c6ccc(-n7c8ccccc8c8ccccc87)cc6c6c7c8ccccc8n(-c8ccccc8)c7ccc65)c5oc6ccccc6c45)n3)cc2)cc1. The Morgan fingerprint density at radius 2 is 0.737 bits per heavy atom. The zero-order chi connectivity index (χ0) is 49.8. The molecule has 0 N–H and O–H groups in total. The fourth-order valence-electron chi connectivity index (χ4n) is 12.0. The van der Waals surface area contributed by atoms with Gasteiger partial charge in [-0.05, 0) is 90.0 Å². The van der Waals surface area contributed by atoms with Crippen LogP contribution in [-0.2, 0) is 0 Å². The normalized spacial score (nSPS) is 11.9. The van der Waals surface area contributed by atoms with Crippen LogP contribution in [0.1, 0.15) is 0 Å². The second kappa shape index (κ2) is 16.6. The lowest BCUT2D eigenvalue weighted by Gasteiger charge is -2.13.